The Balaban J connectivity index is -0.000000416. The van der Waals surface area contributed by atoms with Crippen molar-refractivity contribution in [2.45, 2.75) is 0 Å². The highest BCUT2D eigenvalue weighted by Crippen LogP contribution is 2.65. The third-order valence-corrected chi connectivity index (χ3v) is 7.54. The van der Waals surface area contributed by atoms with Crippen molar-refractivity contribution in [2.75, 3.05) is 0 Å². The molecule has 0 heterocycles. The van der Waals surface area contributed by atoms with E-state index < -0.39 is 54.8 Å². The van der Waals surface area contributed by atoms with Crippen molar-refractivity contribution in [3.8, 4) is 0 Å². The summed E-state index contributed by atoms with van der Waals surface area (Å²) in [5.74, 6) is 0. The summed E-state index contributed by atoms with van der Waals surface area (Å²) in [5.41, 5.74) is 0. The van der Waals surface area contributed by atoms with Gasteiger partial charge in [-0.05, 0) is 0 Å². The fraction of sp³-hybridized carbons (Fsp3) is 0. The van der Waals surface area contributed by atoms with Crippen molar-refractivity contribution in [1.82, 2.24) is 0 Å². The summed E-state index contributed by atoms with van der Waals surface area (Å²) >= 11 is 0. The smallest absolute Gasteiger partial charge is 0.303 e. The van der Waals surface area contributed by atoms with Crippen LogP contribution in [0, 0.1) is 0 Å². The highest BCUT2D eigenvalue weighted by molar-refractivity contribution is 7.67. The zero-order chi connectivity index (χ0) is 26.3. The minimum atomic E-state index is -5.46. The fourth-order valence-corrected chi connectivity index (χ4v) is 5.64. The van der Waals surface area contributed by atoms with Crippen LogP contribution in [0.2, 0.25) is 0 Å². The lowest BCUT2D eigenvalue weighted by Crippen LogP contribution is -1.92. The van der Waals surface area contributed by atoms with E-state index in [1.807, 2.05) is 0 Å². The molecule has 0 spiro atoms. The van der Waals surface area contributed by atoms with Crippen molar-refractivity contribution in [1.29, 1.82) is 0 Å². The van der Waals surface area contributed by atoms with E-state index in [4.69, 9.17) is 68.2 Å². The van der Waals surface area contributed by atoms with E-state index in [-0.39, 0.29) is 0 Å². The topological polar surface area (TPSA) is 419 Å². The Morgan fingerprint density at radius 3 is 0.484 bits per heavy atom. The van der Waals surface area contributed by atoms with E-state index in [1.54, 1.807) is 0 Å². The lowest BCUT2D eigenvalue weighted by Gasteiger charge is -2.12. The number of rotatable bonds is 8. The van der Waals surface area contributed by atoms with Gasteiger partial charge in [-0.1, -0.05) is 0 Å². The van der Waals surface area contributed by atoms with E-state index >= 15 is 0 Å². The molecule has 0 saturated carbocycles. The molecule has 0 bridgehead atoms. The normalized spacial score (nSPS) is 14.1. The average Bonchev–Trinajstić information content (AvgIpc) is 2.08. The molecule has 13 N–H and O–H groups in total. The molecule has 31 heteroatoms. The van der Waals surface area contributed by atoms with Crippen LogP contribution in [0.15, 0.2) is 0 Å². The van der Waals surface area contributed by atoms with Crippen LogP contribution >= 0.6 is 54.8 Å². The van der Waals surface area contributed by atoms with Gasteiger partial charge in [0.15, 0.2) is 0 Å². The summed E-state index contributed by atoms with van der Waals surface area (Å²) in [6.07, 6.45) is 0. The van der Waals surface area contributed by atoms with Gasteiger partial charge in [-0.2, -0.15) is 17.2 Å². The fourth-order valence-electron chi connectivity index (χ4n) is 0.567. The summed E-state index contributed by atoms with van der Waals surface area (Å²) in [7, 11) is -37.0. The lowest BCUT2D eigenvalue weighted by molar-refractivity contribution is 0.198. The Hall–Kier alpha value is 0.930. The highest BCUT2D eigenvalue weighted by Gasteiger charge is 2.39. The molecule has 0 radical (unpaired) electrons. The molecule has 0 rings (SSSR count). The van der Waals surface area contributed by atoms with Crippen molar-refractivity contribution < 1.29 is 113 Å². The molecular weight excluding hydrogens is 601 g/mol. The minimum Gasteiger partial charge on any atom is -0.303 e. The van der Waals surface area contributed by atoms with Crippen molar-refractivity contribution in [3.63, 3.8) is 0 Å². The molecule has 0 saturated heterocycles. The molecule has 0 aromatic carbocycles. The molecule has 0 aliphatic carbocycles. The quantitative estimate of drug-likeness (QED) is 0.128. The molecule has 31 heavy (non-hydrogen) atoms. The van der Waals surface area contributed by atoms with Gasteiger partial charge in [-0.15, -0.1) is 0 Å². The maximum absolute atomic E-state index is 10.4. The third kappa shape index (κ3) is 41.7. The van der Waals surface area contributed by atoms with E-state index in [9.17, 15) is 27.4 Å². The average molecular weight is 614 g/mol. The van der Waals surface area contributed by atoms with Crippen LogP contribution in [0.3, 0.4) is 0 Å². The standard InChI is InChI=1S/2H5O10P3.H3O4P/c2*1-11(2,3)9-13(7,8)10-12(4,5)6;1-5(2,3)4/h2*(H,7,8)(H2,1,2,3)(H2,4,5,6);(H3,1,2,3,4). The van der Waals surface area contributed by atoms with Gasteiger partial charge < -0.3 is 63.6 Å². The van der Waals surface area contributed by atoms with Gasteiger partial charge in [0, 0.05) is 0 Å². The van der Waals surface area contributed by atoms with Crippen LogP contribution in [-0.2, 0) is 49.2 Å². The first-order valence-electron chi connectivity index (χ1n) is 5.34. The zero-order valence-corrected chi connectivity index (χ0v) is 19.7. The monoisotopic (exact) mass is 614 g/mol. The van der Waals surface area contributed by atoms with Crippen LogP contribution < -0.4 is 0 Å². The molecule has 0 aliphatic rings. The Bertz CT molecular complexity index is 743. The Labute approximate surface area is 168 Å². The maximum Gasteiger partial charge on any atom is 0.490 e. The molecular formula is H13O24P7. The van der Waals surface area contributed by atoms with E-state index in [0.717, 1.165) is 0 Å². The van der Waals surface area contributed by atoms with Crippen molar-refractivity contribution in [2.24, 2.45) is 0 Å². The second-order valence-electron chi connectivity index (χ2n) is 3.74. The first-order valence-corrected chi connectivity index (χ1v) is 16.0. The van der Waals surface area contributed by atoms with Gasteiger partial charge in [-0.3, -0.25) is 0 Å². The van der Waals surface area contributed by atoms with E-state index in [1.165, 1.54) is 0 Å². The first-order chi connectivity index (χ1) is 12.8. The molecule has 0 aromatic heterocycles. The number of hydrogen-bond acceptors (Lipinski definition) is 11. The van der Waals surface area contributed by atoms with Crippen LogP contribution in [0.1, 0.15) is 0 Å². The van der Waals surface area contributed by atoms with Gasteiger partial charge in [0.2, 0.25) is 0 Å². The molecule has 0 fully saturated rings. The summed E-state index contributed by atoms with van der Waals surface area (Å²) in [6, 6.07) is 0. The van der Waals surface area contributed by atoms with Crippen molar-refractivity contribution >= 4 is 54.8 Å². The van der Waals surface area contributed by atoms with Gasteiger partial charge in [0.1, 0.15) is 0 Å². The molecule has 24 nitrogen and oxygen atoms in total. The van der Waals surface area contributed by atoms with Gasteiger partial charge in [-0.25, -0.2) is 32.0 Å². The predicted molar refractivity (Wildman–Crippen MR) is 86.4 cm³/mol. The van der Waals surface area contributed by atoms with Crippen LogP contribution in [-0.4, -0.2) is 63.6 Å². The Morgan fingerprint density at radius 2 is 0.419 bits per heavy atom. The summed E-state index contributed by atoms with van der Waals surface area (Å²) < 4.78 is 81.6. The number of phosphoric acid groups is 7. The molecule has 192 valence electrons. The van der Waals surface area contributed by atoms with Crippen LogP contribution in [0.4, 0.5) is 0 Å². The SMILES string of the molecule is O=P(O)(O)O.O=P(O)(O)OP(=O)(O)OP(=O)(O)O.O=P(O)(O)OP(=O)(O)OP(=O)(O)O. The summed E-state index contributed by atoms with van der Waals surface area (Å²) in [4.78, 5) is 102. The molecule has 0 aliphatic heterocycles. The van der Waals surface area contributed by atoms with Crippen molar-refractivity contribution in [3.05, 3.63) is 0 Å². The van der Waals surface area contributed by atoms with Gasteiger partial charge >= 0.3 is 54.8 Å². The first kappa shape index (κ1) is 36.5. The second kappa shape index (κ2) is 12.6. The second-order valence-corrected chi connectivity index (χ2v) is 13.2. The van der Waals surface area contributed by atoms with Crippen LogP contribution in [0.5, 0.6) is 0 Å². The molecule has 0 amide bonds. The Kier molecular flexibility index (Phi) is 14.8. The molecule has 0 aromatic rings. The number of hydrogen-bond donors (Lipinski definition) is 13. The highest BCUT2D eigenvalue weighted by atomic mass is 31.3. The largest absolute Gasteiger partial charge is 0.490 e. The molecule has 0 atom stereocenters. The molecule has 0 unspecified atom stereocenters. The maximum atomic E-state index is 10.4. The van der Waals surface area contributed by atoms with Crippen LogP contribution in [0.25, 0.3) is 0 Å². The minimum absolute atomic E-state index is 3.06. The zero-order valence-electron chi connectivity index (χ0n) is 13.4. The lowest BCUT2D eigenvalue weighted by atomic mass is 15.7. The van der Waals surface area contributed by atoms with E-state index in [2.05, 4.69) is 17.2 Å². The summed E-state index contributed by atoms with van der Waals surface area (Å²) in [6.45, 7) is 0. The third-order valence-electron chi connectivity index (χ3n) is 0.838. The predicted octanol–water partition coefficient (Wildman–Crippen LogP) is -2.32. The van der Waals surface area contributed by atoms with Gasteiger partial charge in [0.05, 0.1) is 0 Å². The van der Waals surface area contributed by atoms with E-state index in [0.29, 0.717) is 0 Å². The Morgan fingerprint density at radius 1 is 0.323 bits per heavy atom. The summed E-state index contributed by atoms with van der Waals surface area (Å²) in [5, 5.41) is 0. The van der Waals surface area contributed by atoms with Gasteiger partial charge in [0.25, 0.3) is 0 Å².